The largest absolute Gasteiger partial charge is 0.475 e. The molecule has 0 bridgehead atoms. The van der Waals surface area contributed by atoms with E-state index in [9.17, 15) is 34.5 Å². The van der Waals surface area contributed by atoms with Crippen molar-refractivity contribution in [3.8, 4) is 0 Å². The number of likely N-dealkylation sites (tertiary alicyclic amines) is 1. The Morgan fingerprint density at radius 3 is 2.26 bits per heavy atom. The van der Waals surface area contributed by atoms with Gasteiger partial charge in [0, 0.05) is 25.4 Å². The fourth-order valence-corrected chi connectivity index (χ4v) is 4.06. The number of hydrazine groups is 1. The summed E-state index contributed by atoms with van der Waals surface area (Å²) in [5, 5.41) is 34.6. The number of nitrogens with two attached hydrogens (primary N) is 1. The van der Waals surface area contributed by atoms with Gasteiger partial charge in [-0.05, 0) is 46.0 Å². The molecule has 1 aliphatic heterocycles. The predicted octanol–water partition coefficient (Wildman–Crippen LogP) is -0.115. The quantitative estimate of drug-likeness (QED) is 0.0667. The normalized spacial score (nSPS) is 17.3. The molecule has 0 radical (unpaired) electrons. The lowest BCUT2D eigenvalue weighted by Gasteiger charge is -2.36. The van der Waals surface area contributed by atoms with Gasteiger partial charge in [0.2, 0.25) is 11.6 Å². The van der Waals surface area contributed by atoms with Gasteiger partial charge in [0.15, 0.2) is 5.03 Å². The lowest BCUT2D eigenvalue weighted by molar-refractivity contribution is -0.525. The number of carbonyl (C=O) groups excluding carboxylic acids is 3. The number of ether oxygens (including phenoxy) is 1. The number of hydrogen-bond acceptors (Lipinski definition) is 9. The third-order valence-electron chi connectivity index (χ3n) is 5.75. The topological polar surface area (TPSA) is 222 Å². The van der Waals surface area contributed by atoms with Crippen LogP contribution in [-0.2, 0) is 14.3 Å². The summed E-state index contributed by atoms with van der Waals surface area (Å²) in [7, 11) is -1.90. The van der Waals surface area contributed by atoms with Gasteiger partial charge in [-0.1, -0.05) is 32.6 Å². The minimum Gasteiger partial charge on any atom is -0.444 e. The molecule has 1 heterocycles. The van der Waals surface area contributed by atoms with Crippen LogP contribution in [0.15, 0.2) is 4.99 Å². The molecule has 15 nitrogen and oxygen atoms in total. The van der Waals surface area contributed by atoms with Gasteiger partial charge >= 0.3 is 13.2 Å². The van der Waals surface area contributed by atoms with Crippen LogP contribution in [0.2, 0.25) is 0 Å². The van der Waals surface area contributed by atoms with Crippen molar-refractivity contribution in [2.45, 2.75) is 90.9 Å². The molecule has 3 amide bonds. The van der Waals surface area contributed by atoms with E-state index in [1.165, 1.54) is 4.90 Å². The van der Waals surface area contributed by atoms with E-state index in [0.717, 1.165) is 0 Å². The molecule has 2 atom stereocenters. The third kappa shape index (κ3) is 10.7. The monoisotopic (exact) mass is 543 g/mol. The Bertz CT molecular complexity index is 872. The number of nitrogens with one attached hydrogen (secondary N) is 3. The van der Waals surface area contributed by atoms with Gasteiger partial charge in [0.25, 0.3) is 11.9 Å². The van der Waals surface area contributed by atoms with Gasteiger partial charge in [0.1, 0.15) is 5.60 Å². The average molecular weight is 543 g/mol. The summed E-state index contributed by atoms with van der Waals surface area (Å²) in [6.07, 6.45) is 0.514. The van der Waals surface area contributed by atoms with Crippen molar-refractivity contribution in [2.75, 3.05) is 13.1 Å². The molecule has 1 rings (SSSR count). The Balaban J connectivity index is 3.19. The van der Waals surface area contributed by atoms with Crippen molar-refractivity contribution in [1.29, 1.82) is 0 Å². The van der Waals surface area contributed by atoms with E-state index in [2.05, 4.69) is 15.6 Å². The summed E-state index contributed by atoms with van der Waals surface area (Å²) >= 11 is 0. The molecule has 0 aromatic carbocycles. The first kappa shape index (κ1) is 32.9. The SMILES string of the molecule is CCC[C@](N=C(N)N[N+](=O)[O-])(NC(=O)C1CCN(C(=O)OC(C)(C)C)CC1)C(=O)N[C@@H](CC(C)C)B(O)O. The zero-order chi connectivity index (χ0) is 29.3. The van der Waals surface area contributed by atoms with Crippen LogP contribution < -0.4 is 21.8 Å². The molecule has 0 aromatic rings. The van der Waals surface area contributed by atoms with Crippen LogP contribution in [0.25, 0.3) is 0 Å². The van der Waals surface area contributed by atoms with Crippen molar-refractivity contribution >= 4 is 31.0 Å². The Hall–Kier alpha value is -3.14. The van der Waals surface area contributed by atoms with E-state index in [1.54, 1.807) is 33.1 Å². The van der Waals surface area contributed by atoms with Crippen molar-refractivity contribution in [3.63, 3.8) is 0 Å². The molecule has 1 saturated heterocycles. The highest BCUT2D eigenvalue weighted by molar-refractivity contribution is 6.43. The van der Waals surface area contributed by atoms with Gasteiger partial charge in [-0.15, -0.1) is 0 Å². The highest BCUT2D eigenvalue weighted by Crippen LogP contribution is 2.23. The van der Waals surface area contributed by atoms with Gasteiger partial charge in [-0.2, -0.15) is 0 Å². The second kappa shape index (κ2) is 14.1. The van der Waals surface area contributed by atoms with E-state index in [-0.39, 0.29) is 44.7 Å². The number of hydrogen-bond donors (Lipinski definition) is 6. The van der Waals surface area contributed by atoms with Crippen LogP contribution in [0.3, 0.4) is 0 Å². The smallest absolute Gasteiger partial charge is 0.444 e. The molecule has 0 saturated carbocycles. The lowest BCUT2D eigenvalue weighted by Crippen LogP contribution is -2.63. The van der Waals surface area contributed by atoms with Crippen molar-refractivity contribution in [2.24, 2.45) is 22.6 Å². The summed E-state index contributed by atoms with van der Waals surface area (Å²) in [4.78, 5) is 55.5. The number of piperidine rings is 1. The highest BCUT2D eigenvalue weighted by Gasteiger charge is 2.44. The van der Waals surface area contributed by atoms with E-state index in [0.29, 0.717) is 6.42 Å². The van der Waals surface area contributed by atoms with Crippen LogP contribution >= 0.6 is 0 Å². The highest BCUT2D eigenvalue weighted by atomic mass is 16.7. The molecule has 38 heavy (non-hydrogen) atoms. The molecular formula is C22H42BN7O8. The van der Waals surface area contributed by atoms with Crippen molar-refractivity contribution in [3.05, 3.63) is 10.1 Å². The van der Waals surface area contributed by atoms with E-state index < -0.39 is 59.1 Å². The van der Waals surface area contributed by atoms with Crippen LogP contribution in [0.4, 0.5) is 4.79 Å². The molecule has 0 unspecified atom stereocenters. The second-order valence-corrected chi connectivity index (χ2v) is 10.8. The maximum Gasteiger partial charge on any atom is 0.475 e. The Morgan fingerprint density at radius 1 is 1.24 bits per heavy atom. The molecule has 0 aliphatic carbocycles. The third-order valence-corrected chi connectivity index (χ3v) is 5.75. The van der Waals surface area contributed by atoms with Crippen LogP contribution in [0, 0.1) is 22.0 Å². The standard InChI is InChI=1S/C22H42BN7O8/c1-7-10-22(27-19(24)28-30(36)37,18(32)25-16(23(34)35)13-14(2)3)26-17(31)15-8-11-29(12-9-15)20(33)38-21(4,5)6/h14-16,34-35H,7-13H2,1-6H3,(H,25,32)(H,26,31)(H3,24,27,28)/t16-,22+/m0/s1. The first-order valence-corrected chi connectivity index (χ1v) is 12.7. The van der Waals surface area contributed by atoms with Gasteiger partial charge in [0.05, 0.1) is 5.94 Å². The number of nitro groups is 1. The van der Waals surface area contributed by atoms with E-state index in [4.69, 9.17) is 10.5 Å². The number of aliphatic imine (C=N–C) groups is 1. The van der Waals surface area contributed by atoms with Crippen LogP contribution in [-0.4, -0.2) is 81.3 Å². The maximum absolute atomic E-state index is 13.5. The number of carbonyl (C=O) groups is 3. The molecular weight excluding hydrogens is 501 g/mol. The van der Waals surface area contributed by atoms with Gasteiger partial charge in [-0.25, -0.2) is 19.9 Å². The van der Waals surface area contributed by atoms with Crippen LogP contribution in [0.5, 0.6) is 0 Å². The number of rotatable bonds is 11. The Kier molecular flexibility index (Phi) is 12.2. The lowest BCUT2D eigenvalue weighted by atomic mass is 9.74. The molecule has 16 heteroatoms. The van der Waals surface area contributed by atoms with Gasteiger partial charge < -0.3 is 36.1 Å². The molecule has 0 spiro atoms. The summed E-state index contributed by atoms with van der Waals surface area (Å²) in [6, 6.07) is 0. The molecule has 1 aliphatic rings. The zero-order valence-electron chi connectivity index (χ0n) is 23.0. The summed E-state index contributed by atoms with van der Waals surface area (Å²) < 4.78 is 5.37. The number of amides is 3. The fraction of sp³-hybridized carbons (Fsp3) is 0.818. The second-order valence-electron chi connectivity index (χ2n) is 10.8. The fourth-order valence-electron chi connectivity index (χ4n) is 4.06. The van der Waals surface area contributed by atoms with Crippen molar-refractivity contribution in [1.82, 2.24) is 21.0 Å². The first-order valence-electron chi connectivity index (χ1n) is 12.7. The Labute approximate surface area is 223 Å². The molecule has 0 aromatic heterocycles. The average Bonchev–Trinajstić information content (AvgIpc) is 2.76. The molecule has 216 valence electrons. The number of guanidine groups is 1. The van der Waals surface area contributed by atoms with Gasteiger partial charge in [-0.3, -0.25) is 9.59 Å². The molecule has 7 N–H and O–H groups in total. The number of nitrogens with zero attached hydrogens (tertiary/aromatic N) is 3. The van der Waals surface area contributed by atoms with E-state index in [1.807, 2.05) is 13.8 Å². The Morgan fingerprint density at radius 2 is 1.82 bits per heavy atom. The maximum atomic E-state index is 13.5. The van der Waals surface area contributed by atoms with Crippen LogP contribution in [0.1, 0.15) is 73.6 Å². The van der Waals surface area contributed by atoms with Crippen molar-refractivity contribution < 1.29 is 34.2 Å². The zero-order valence-corrected chi connectivity index (χ0v) is 23.0. The van der Waals surface area contributed by atoms with E-state index >= 15 is 0 Å². The molecule has 1 fully saturated rings. The first-order chi connectivity index (χ1) is 17.5. The minimum absolute atomic E-state index is 0.0165. The predicted molar refractivity (Wildman–Crippen MR) is 140 cm³/mol. The minimum atomic E-state index is -2.06. The summed E-state index contributed by atoms with van der Waals surface area (Å²) in [5.41, 5.74) is 4.61. The summed E-state index contributed by atoms with van der Waals surface area (Å²) in [5.74, 6) is -3.87. The summed E-state index contributed by atoms with van der Waals surface area (Å²) in [6.45, 7) is 11.1.